The van der Waals surface area contributed by atoms with Crippen molar-refractivity contribution >= 4 is 31.5 Å². The molecule has 2 rings (SSSR count). The van der Waals surface area contributed by atoms with Gasteiger partial charge >= 0.3 is 176 Å². The Balaban J connectivity index is 0.00000392. The molecule has 5 heteroatoms. The van der Waals surface area contributed by atoms with Crippen LogP contribution in [0.5, 0.6) is 5.75 Å². The maximum absolute atomic E-state index is 7.04. The van der Waals surface area contributed by atoms with Crippen LogP contribution in [-0.2, 0) is 22.9 Å². The minimum Gasteiger partial charge on any atom is -0.147 e. The van der Waals surface area contributed by atoms with Crippen LogP contribution in [0.1, 0.15) is 73.4 Å². The molecule has 0 radical (unpaired) electrons. The molecule has 0 heterocycles. The number of benzene rings is 1. The Kier molecular flexibility index (Phi) is 11.6. The van der Waals surface area contributed by atoms with Gasteiger partial charge in [0.2, 0.25) is 0 Å². The Bertz CT molecular complexity index is 761. The Hall–Kier alpha value is 0.0112. The second-order valence-corrected chi connectivity index (χ2v) is 20.6. The van der Waals surface area contributed by atoms with Crippen LogP contribution in [0, 0.1) is 12.8 Å². The molecule has 0 amide bonds. The summed E-state index contributed by atoms with van der Waals surface area (Å²) in [6.45, 7) is 22.4. The van der Waals surface area contributed by atoms with E-state index in [0.29, 0.717) is 5.92 Å². The van der Waals surface area contributed by atoms with Crippen molar-refractivity contribution in [1.82, 2.24) is 0 Å². The van der Waals surface area contributed by atoms with E-state index < -0.39 is 24.2 Å². The van der Waals surface area contributed by atoms with Crippen molar-refractivity contribution in [3.63, 3.8) is 0 Å². The summed E-state index contributed by atoms with van der Waals surface area (Å²) in [4.78, 5) is 0. The number of allylic oxidation sites excluding steroid dienone is 4. The quantitative estimate of drug-likeness (QED) is 0.365. The summed E-state index contributed by atoms with van der Waals surface area (Å²) in [5, 5.41) is 0. The van der Waals surface area contributed by atoms with E-state index in [1.807, 2.05) is 0 Å². The molecule has 1 aromatic carbocycles. The van der Waals surface area contributed by atoms with Gasteiger partial charge in [0.15, 0.2) is 0 Å². The third-order valence-corrected chi connectivity index (χ3v) is 21.0. The van der Waals surface area contributed by atoms with Crippen molar-refractivity contribution in [1.29, 1.82) is 0 Å². The van der Waals surface area contributed by atoms with E-state index in [4.69, 9.17) is 3.32 Å². The first kappa shape index (κ1) is 29.0. The number of rotatable bonds is 6. The first-order valence-corrected chi connectivity index (χ1v) is 16.9. The smallest absolute Gasteiger partial charge is 0.147 e. The molecule has 29 heavy (non-hydrogen) atoms. The van der Waals surface area contributed by atoms with E-state index in [-0.39, 0.29) is 30.2 Å². The maximum atomic E-state index is 7.04. The van der Waals surface area contributed by atoms with E-state index in [1.165, 1.54) is 28.8 Å². The average Bonchev–Trinajstić information content (AvgIpc) is 2.77. The molecule has 0 aromatic heterocycles. The standard InChI is InChI=1S/C11H16O.C9H13.C4H11Si.2ClH.Ti/c1-8-5-9(11(2,3)4)7-10(12)6-8;1-6-5-7(2)9(4)8(6)3;1-3-5-4-2;;;/h5-7,12H,1-4H3;6H,1-4H3;5H,3-4H2,1-2H3;2*1H;/q;;;;;+1/p-1. The predicted octanol–water partition coefficient (Wildman–Crippen LogP) is 8.07. The first-order chi connectivity index (χ1) is 12.5. The van der Waals surface area contributed by atoms with Crippen LogP contribution >= 0.6 is 24.8 Å². The fraction of sp³-hybridized carbons (Fsp3) is 0.583. The zero-order valence-electron chi connectivity index (χ0n) is 20.0. The molecule has 0 fully saturated rings. The molecular formula is C24H41Cl2OSiTi. The summed E-state index contributed by atoms with van der Waals surface area (Å²) in [5.41, 5.74) is 7.49. The van der Waals surface area contributed by atoms with Gasteiger partial charge in [-0.2, -0.15) is 0 Å². The summed E-state index contributed by atoms with van der Waals surface area (Å²) in [7, 11) is 0. The van der Waals surface area contributed by atoms with Crippen LogP contribution in [0.3, 0.4) is 0 Å². The molecule has 165 valence electrons. The van der Waals surface area contributed by atoms with Gasteiger partial charge in [-0.05, 0) is 0 Å². The number of hydrogen-bond acceptors (Lipinski definition) is 1. The number of hydrogen-bond donors (Lipinski definition) is 0. The molecule has 0 N–H and O–H groups in total. The second kappa shape index (κ2) is 11.6. The van der Waals surface area contributed by atoms with Crippen molar-refractivity contribution in [2.75, 3.05) is 0 Å². The largest absolute Gasteiger partial charge is 0.147 e. The molecule has 0 spiro atoms. The fourth-order valence-electron chi connectivity index (χ4n) is 4.15. The van der Waals surface area contributed by atoms with Gasteiger partial charge in [0.1, 0.15) is 0 Å². The monoisotopic (exact) mass is 491 g/mol. The van der Waals surface area contributed by atoms with Gasteiger partial charge in [0, 0.05) is 0 Å². The Morgan fingerprint density at radius 2 is 1.48 bits per heavy atom. The van der Waals surface area contributed by atoms with Gasteiger partial charge in [0.25, 0.3) is 0 Å². The molecular weight excluding hydrogens is 451 g/mol. The third-order valence-electron chi connectivity index (χ3n) is 6.41. The summed E-state index contributed by atoms with van der Waals surface area (Å²) in [5.74, 6) is 1.71. The second-order valence-electron chi connectivity index (χ2n) is 9.33. The Labute approximate surface area is 199 Å². The maximum Gasteiger partial charge on any atom is -0.147 e. The van der Waals surface area contributed by atoms with E-state index in [2.05, 4.69) is 87.4 Å². The predicted molar refractivity (Wildman–Crippen MR) is 133 cm³/mol. The Morgan fingerprint density at radius 1 is 0.931 bits per heavy atom. The molecule has 0 bridgehead atoms. The van der Waals surface area contributed by atoms with Gasteiger partial charge < -0.3 is 0 Å². The van der Waals surface area contributed by atoms with Crippen molar-refractivity contribution in [2.24, 2.45) is 5.92 Å². The van der Waals surface area contributed by atoms with Crippen molar-refractivity contribution in [3.8, 4) is 5.75 Å². The van der Waals surface area contributed by atoms with Gasteiger partial charge in [-0.3, -0.25) is 0 Å². The van der Waals surface area contributed by atoms with E-state index in [9.17, 15) is 0 Å². The van der Waals surface area contributed by atoms with Crippen LogP contribution in [-0.4, -0.2) is 6.66 Å². The molecule has 1 aliphatic carbocycles. The SMILES string of the molecule is CC[SiH](CC)[Ti]([O]c1cc(C)cc(C(C)(C)C)c1)[C]1=C(C)C(C)=C(C)C1C.Cl.Cl. The summed E-state index contributed by atoms with van der Waals surface area (Å²) in [6, 6.07) is 9.61. The van der Waals surface area contributed by atoms with Gasteiger partial charge in [-0.1, -0.05) is 0 Å². The average molecular weight is 492 g/mol. The number of aryl methyl sites for hydroxylation is 1. The fourth-order valence-corrected chi connectivity index (χ4v) is 17.5. The normalized spacial score (nSPS) is 16.7. The Morgan fingerprint density at radius 3 is 1.90 bits per heavy atom. The topological polar surface area (TPSA) is 9.23 Å². The molecule has 1 aliphatic rings. The van der Waals surface area contributed by atoms with Crippen LogP contribution in [0.2, 0.25) is 12.1 Å². The van der Waals surface area contributed by atoms with Gasteiger partial charge in [-0.15, -0.1) is 24.8 Å². The van der Waals surface area contributed by atoms with E-state index in [0.717, 1.165) is 5.75 Å². The van der Waals surface area contributed by atoms with E-state index >= 15 is 0 Å². The van der Waals surface area contributed by atoms with Crippen LogP contribution < -0.4 is 3.32 Å². The van der Waals surface area contributed by atoms with Crippen LogP contribution in [0.4, 0.5) is 0 Å². The first-order valence-electron chi connectivity index (χ1n) is 10.6. The van der Waals surface area contributed by atoms with Gasteiger partial charge in [-0.25, -0.2) is 0 Å². The molecule has 0 saturated heterocycles. The zero-order chi connectivity index (χ0) is 20.5. The molecule has 1 unspecified atom stereocenters. The van der Waals surface area contributed by atoms with E-state index in [1.54, 1.807) is 15.0 Å². The molecule has 0 aliphatic heterocycles. The minimum atomic E-state index is -1.78. The number of halogens is 2. The molecule has 0 saturated carbocycles. The molecule has 1 atom stereocenters. The zero-order valence-corrected chi connectivity index (χ0v) is 24.4. The van der Waals surface area contributed by atoms with Gasteiger partial charge in [0.05, 0.1) is 0 Å². The summed E-state index contributed by atoms with van der Waals surface area (Å²) < 4.78 is 8.77. The molecule has 1 nitrogen and oxygen atoms in total. The van der Waals surface area contributed by atoms with Crippen molar-refractivity contribution < 1.29 is 20.8 Å². The van der Waals surface area contributed by atoms with Crippen molar-refractivity contribution in [2.45, 2.75) is 86.7 Å². The summed E-state index contributed by atoms with van der Waals surface area (Å²) in [6.07, 6.45) is 0. The summed E-state index contributed by atoms with van der Waals surface area (Å²) >= 11 is -1.78. The minimum absolute atomic E-state index is 0. The van der Waals surface area contributed by atoms with Crippen LogP contribution in [0.25, 0.3) is 0 Å². The third kappa shape index (κ3) is 6.50. The molecule has 1 aromatic rings. The van der Waals surface area contributed by atoms with Crippen molar-refractivity contribution in [3.05, 3.63) is 49.9 Å². The van der Waals surface area contributed by atoms with Crippen LogP contribution in [0.15, 0.2) is 38.8 Å².